The van der Waals surface area contributed by atoms with Crippen molar-refractivity contribution in [2.45, 2.75) is 12.2 Å². The Bertz CT molecular complexity index is 531. The van der Waals surface area contributed by atoms with Crippen molar-refractivity contribution in [2.75, 3.05) is 5.73 Å². The monoisotopic (exact) mass is 317 g/mol. The van der Waals surface area contributed by atoms with Crippen LogP contribution >= 0.6 is 15.9 Å². The average Bonchev–Trinajstić information content (AvgIpc) is 2.35. The second kappa shape index (κ2) is 4.56. The quantitative estimate of drug-likeness (QED) is 0.337. The lowest BCUT2D eigenvalue weighted by atomic mass is 10.2. The molecule has 0 saturated carbocycles. The maximum absolute atomic E-state index is 11.4. The van der Waals surface area contributed by atoms with E-state index in [-0.39, 0.29) is 21.7 Å². The van der Waals surface area contributed by atoms with E-state index in [2.05, 4.69) is 15.9 Å². The van der Waals surface area contributed by atoms with Crippen molar-refractivity contribution in [1.82, 2.24) is 0 Å². The third kappa shape index (κ3) is 2.05. The molecule has 1 aliphatic rings. The molecule has 4 N–H and O–H groups in total. The lowest BCUT2D eigenvalue weighted by Crippen LogP contribution is -2.45. The summed E-state index contributed by atoms with van der Waals surface area (Å²) < 4.78 is 9.83. The number of benzene rings is 1. The Morgan fingerprint density at radius 3 is 2.28 bits per heavy atom. The second-order valence-electron chi connectivity index (χ2n) is 3.53. The van der Waals surface area contributed by atoms with Crippen LogP contribution in [-0.4, -0.2) is 34.4 Å². The number of halogens is 1. The summed E-state index contributed by atoms with van der Waals surface area (Å²) in [5, 5.41) is 18.6. The van der Waals surface area contributed by atoms with Crippen molar-refractivity contribution in [3.63, 3.8) is 0 Å². The van der Waals surface area contributed by atoms with Gasteiger partial charge in [-0.25, -0.2) is 9.59 Å². The Labute approximate surface area is 109 Å². The van der Waals surface area contributed by atoms with Crippen LogP contribution in [0.25, 0.3) is 0 Å². The predicted molar refractivity (Wildman–Crippen MR) is 61.8 cm³/mol. The molecule has 18 heavy (non-hydrogen) atoms. The van der Waals surface area contributed by atoms with Gasteiger partial charge in [-0.05, 0) is 28.1 Å². The highest BCUT2D eigenvalue weighted by Gasteiger charge is 2.37. The van der Waals surface area contributed by atoms with Crippen LogP contribution in [0.5, 0.6) is 11.5 Å². The number of carbonyl (C=O) groups is 2. The number of fused-ring (bicyclic) bond motifs is 1. The molecule has 0 spiro atoms. The van der Waals surface area contributed by atoms with E-state index in [0.717, 1.165) is 0 Å². The van der Waals surface area contributed by atoms with Gasteiger partial charge < -0.3 is 25.4 Å². The van der Waals surface area contributed by atoms with Crippen LogP contribution in [0.2, 0.25) is 0 Å². The molecule has 2 rings (SSSR count). The molecule has 2 atom stereocenters. The van der Waals surface area contributed by atoms with Crippen LogP contribution in [0.3, 0.4) is 0 Å². The molecule has 0 saturated heterocycles. The Kier molecular flexibility index (Phi) is 3.24. The summed E-state index contributed by atoms with van der Waals surface area (Å²) in [6.07, 6.45) is -4.01. The summed E-state index contributed by atoms with van der Waals surface area (Å²) in [6.45, 7) is 0. The fourth-order valence-corrected chi connectivity index (χ4v) is 1.73. The normalized spacial score (nSPS) is 23.5. The first-order valence-corrected chi connectivity index (χ1v) is 5.58. The maximum Gasteiger partial charge on any atom is 0.343 e. The van der Waals surface area contributed by atoms with Gasteiger partial charge in [-0.15, -0.1) is 0 Å². The molecule has 7 nitrogen and oxygen atoms in total. The number of esters is 2. The minimum absolute atomic E-state index is 0.0830. The molecule has 8 heteroatoms. The zero-order valence-corrected chi connectivity index (χ0v) is 10.4. The van der Waals surface area contributed by atoms with Crippen LogP contribution in [0, 0.1) is 0 Å². The van der Waals surface area contributed by atoms with Crippen molar-refractivity contribution >= 4 is 33.6 Å². The zero-order chi connectivity index (χ0) is 13.4. The van der Waals surface area contributed by atoms with Gasteiger partial charge in [-0.1, -0.05) is 0 Å². The van der Waals surface area contributed by atoms with Gasteiger partial charge in [-0.3, -0.25) is 0 Å². The van der Waals surface area contributed by atoms with Gasteiger partial charge in [0.25, 0.3) is 0 Å². The largest absolute Gasteiger partial charge is 0.420 e. The Hall–Kier alpha value is -1.64. The average molecular weight is 318 g/mol. The lowest BCUT2D eigenvalue weighted by molar-refractivity contribution is -0.164. The molecule has 2 unspecified atom stereocenters. The second-order valence-corrected chi connectivity index (χ2v) is 4.32. The van der Waals surface area contributed by atoms with E-state index in [4.69, 9.17) is 15.2 Å². The van der Waals surface area contributed by atoms with Crippen LogP contribution in [0.4, 0.5) is 5.69 Å². The molecular weight excluding hydrogens is 310 g/mol. The molecule has 96 valence electrons. The third-order valence-electron chi connectivity index (χ3n) is 2.29. The SMILES string of the molecule is Nc1ccc2c(c1Br)OC(=O)C(O)C(O)C(=O)O2. The lowest BCUT2D eigenvalue weighted by Gasteiger charge is -2.21. The van der Waals surface area contributed by atoms with Crippen molar-refractivity contribution in [3.8, 4) is 11.5 Å². The number of rotatable bonds is 0. The fourth-order valence-electron chi connectivity index (χ4n) is 1.32. The van der Waals surface area contributed by atoms with Crippen LogP contribution < -0.4 is 15.2 Å². The first kappa shape index (κ1) is 12.8. The molecule has 1 aromatic carbocycles. The molecule has 1 heterocycles. The number of carbonyl (C=O) groups excluding carboxylic acids is 2. The van der Waals surface area contributed by atoms with Crippen LogP contribution in [0.1, 0.15) is 0 Å². The molecule has 0 fully saturated rings. The smallest absolute Gasteiger partial charge is 0.343 e. The van der Waals surface area contributed by atoms with Gasteiger partial charge in [0.15, 0.2) is 23.7 Å². The minimum atomic E-state index is -2.01. The molecular formula is C10H8BrNO6. The van der Waals surface area contributed by atoms with Gasteiger partial charge in [-0.2, -0.15) is 0 Å². The first-order chi connectivity index (χ1) is 8.41. The number of nitrogen functional groups attached to an aromatic ring is 1. The number of nitrogens with two attached hydrogens (primary N) is 1. The third-order valence-corrected chi connectivity index (χ3v) is 3.10. The van der Waals surface area contributed by atoms with Gasteiger partial charge >= 0.3 is 11.9 Å². The molecule has 0 aliphatic carbocycles. The maximum atomic E-state index is 11.4. The van der Waals surface area contributed by atoms with E-state index >= 15 is 0 Å². The zero-order valence-electron chi connectivity index (χ0n) is 8.79. The van der Waals surface area contributed by atoms with Crippen molar-refractivity contribution < 1.29 is 29.3 Å². The number of hydrogen-bond acceptors (Lipinski definition) is 7. The molecule has 0 radical (unpaired) electrons. The number of anilines is 1. The summed E-state index contributed by atoms with van der Waals surface area (Å²) in [5.74, 6) is -2.54. The van der Waals surface area contributed by atoms with E-state index in [1.807, 2.05) is 0 Å². The van der Waals surface area contributed by atoms with E-state index in [0.29, 0.717) is 0 Å². The van der Waals surface area contributed by atoms with Gasteiger partial charge in [0.05, 0.1) is 4.47 Å². The van der Waals surface area contributed by atoms with E-state index in [1.54, 1.807) is 0 Å². The highest BCUT2D eigenvalue weighted by atomic mass is 79.9. The molecule has 0 aromatic heterocycles. The van der Waals surface area contributed by atoms with Gasteiger partial charge in [0, 0.05) is 5.69 Å². The van der Waals surface area contributed by atoms with Gasteiger partial charge in [0.2, 0.25) is 0 Å². The Balaban J connectivity index is 2.53. The minimum Gasteiger partial charge on any atom is -0.420 e. The van der Waals surface area contributed by atoms with Crippen molar-refractivity contribution in [2.24, 2.45) is 0 Å². The first-order valence-electron chi connectivity index (χ1n) is 4.79. The molecule has 1 aliphatic heterocycles. The summed E-state index contributed by atoms with van der Waals surface area (Å²) in [6, 6.07) is 2.74. The Morgan fingerprint density at radius 2 is 1.67 bits per heavy atom. The summed E-state index contributed by atoms with van der Waals surface area (Å²) in [7, 11) is 0. The van der Waals surface area contributed by atoms with E-state index in [9.17, 15) is 19.8 Å². The number of aliphatic hydroxyl groups excluding tert-OH is 2. The van der Waals surface area contributed by atoms with Gasteiger partial charge in [0.1, 0.15) is 0 Å². The predicted octanol–water partition coefficient (Wildman–Crippen LogP) is -0.423. The van der Waals surface area contributed by atoms with Crippen LogP contribution in [0.15, 0.2) is 16.6 Å². The molecule has 1 aromatic rings. The summed E-state index contributed by atoms with van der Waals surface area (Å²) in [4.78, 5) is 22.8. The number of ether oxygens (including phenoxy) is 2. The van der Waals surface area contributed by atoms with E-state index in [1.165, 1.54) is 12.1 Å². The molecule has 0 amide bonds. The Morgan fingerprint density at radius 1 is 1.11 bits per heavy atom. The topological polar surface area (TPSA) is 119 Å². The molecule has 0 bridgehead atoms. The van der Waals surface area contributed by atoms with Crippen molar-refractivity contribution in [1.29, 1.82) is 0 Å². The number of aliphatic hydroxyl groups is 2. The fraction of sp³-hybridized carbons (Fsp3) is 0.200. The summed E-state index contributed by atoms with van der Waals surface area (Å²) in [5.41, 5.74) is 5.84. The highest BCUT2D eigenvalue weighted by Crippen LogP contribution is 2.40. The summed E-state index contributed by atoms with van der Waals surface area (Å²) >= 11 is 3.07. The van der Waals surface area contributed by atoms with Crippen molar-refractivity contribution in [3.05, 3.63) is 16.6 Å². The standard InChI is InChI=1S/C10H8BrNO6/c11-5-3(12)1-2-4-8(5)18-10(16)7(14)6(13)9(15)17-4/h1-2,6-7,13-14H,12H2. The highest BCUT2D eigenvalue weighted by molar-refractivity contribution is 9.10. The van der Waals surface area contributed by atoms with Crippen LogP contribution in [-0.2, 0) is 9.59 Å². The number of hydrogen-bond donors (Lipinski definition) is 3. The van der Waals surface area contributed by atoms with E-state index < -0.39 is 24.1 Å².